The summed E-state index contributed by atoms with van der Waals surface area (Å²) in [7, 11) is 0. The molecular weight excluding hydrogens is 234 g/mol. The molecule has 5 nitrogen and oxygen atoms in total. The Bertz CT molecular complexity index is 427. The van der Waals surface area contributed by atoms with E-state index in [1.807, 2.05) is 0 Å². The summed E-state index contributed by atoms with van der Waals surface area (Å²) in [5.41, 5.74) is -0.689. The first-order valence-corrected chi connectivity index (χ1v) is 5.97. The lowest BCUT2D eigenvalue weighted by atomic mass is 9.94. The number of phenolic OH excluding ortho intramolecular Hbond substituents is 1. The summed E-state index contributed by atoms with van der Waals surface area (Å²) in [6, 6.07) is 6.33. The van der Waals surface area contributed by atoms with Gasteiger partial charge in [-0.25, -0.2) is 0 Å². The molecule has 98 valence electrons. The third-order valence-corrected chi connectivity index (χ3v) is 3.15. The number of hydrogen-bond acceptors (Lipinski definition) is 4. The number of rotatable bonds is 3. The lowest BCUT2D eigenvalue weighted by molar-refractivity contribution is -0.0605. The molecule has 1 aromatic carbocycles. The van der Waals surface area contributed by atoms with Crippen molar-refractivity contribution in [3.8, 4) is 5.75 Å². The van der Waals surface area contributed by atoms with Gasteiger partial charge in [0.05, 0.1) is 11.2 Å². The predicted molar refractivity (Wildman–Crippen MR) is 65.4 cm³/mol. The first-order valence-electron chi connectivity index (χ1n) is 5.97. The Kier molecular flexibility index (Phi) is 3.84. The molecule has 1 aliphatic rings. The standard InChI is InChI=1S/C13H17NO4/c15-11-4-2-1-3-10(11)12(16)14-9-13(17)5-7-18-8-6-13/h1-4,15,17H,5-9H2,(H,14,16). The highest BCUT2D eigenvalue weighted by molar-refractivity contribution is 5.96. The van der Waals surface area contributed by atoms with Crippen molar-refractivity contribution in [1.82, 2.24) is 5.32 Å². The molecule has 18 heavy (non-hydrogen) atoms. The van der Waals surface area contributed by atoms with Gasteiger partial charge in [-0.15, -0.1) is 0 Å². The molecule has 1 fully saturated rings. The minimum Gasteiger partial charge on any atom is -0.507 e. The quantitative estimate of drug-likeness (QED) is 0.737. The topological polar surface area (TPSA) is 78.8 Å². The summed E-state index contributed by atoms with van der Waals surface area (Å²) in [5, 5.41) is 22.4. The molecule has 1 heterocycles. The van der Waals surface area contributed by atoms with E-state index in [0.29, 0.717) is 26.1 Å². The van der Waals surface area contributed by atoms with Gasteiger partial charge >= 0.3 is 0 Å². The van der Waals surface area contributed by atoms with Crippen molar-refractivity contribution in [1.29, 1.82) is 0 Å². The van der Waals surface area contributed by atoms with Gasteiger partial charge in [-0.1, -0.05) is 12.1 Å². The molecule has 3 N–H and O–H groups in total. The van der Waals surface area contributed by atoms with Crippen molar-refractivity contribution in [2.24, 2.45) is 0 Å². The summed E-state index contributed by atoms with van der Waals surface area (Å²) in [5.74, 6) is -0.443. The molecule has 5 heteroatoms. The third-order valence-electron chi connectivity index (χ3n) is 3.15. The number of hydrogen-bond donors (Lipinski definition) is 3. The first kappa shape index (κ1) is 12.9. The summed E-state index contributed by atoms with van der Waals surface area (Å²) >= 11 is 0. The fourth-order valence-corrected chi connectivity index (χ4v) is 1.93. The molecule has 2 rings (SSSR count). The van der Waals surface area contributed by atoms with Crippen LogP contribution in [0.2, 0.25) is 0 Å². The van der Waals surface area contributed by atoms with Gasteiger partial charge in [0.1, 0.15) is 5.75 Å². The van der Waals surface area contributed by atoms with Crippen LogP contribution in [0, 0.1) is 0 Å². The normalized spacial score (nSPS) is 18.3. The number of aromatic hydroxyl groups is 1. The zero-order valence-corrected chi connectivity index (χ0v) is 10.1. The first-order chi connectivity index (χ1) is 8.61. The highest BCUT2D eigenvalue weighted by Gasteiger charge is 2.30. The SMILES string of the molecule is O=C(NCC1(O)CCOCC1)c1ccccc1O. The fraction of sp³-hybridized carbons (Fsp3) is 0.462. The van der Waals surface area contributed by atoms with E-state index >= 15 is 0 Å². The molecule has 1 saturated heterocycles. The van der Waals surface area contributed by atoms with Crippen LogP contribution >= 0.6 is 0 Å². The van der Waals surface area contributed by atoms with E-state index in [2.05, 4.69) is 5.32 Å². The second-order valence-corrected chi connectivity index (χ2v) is 4.54. The maximum atomic E-state index is 11.8. The highest BCUT2D eigenvalue weighted by Crippen LogP contribution is 2.20. The molecule has 1 amide bonds. The summed E-state index contributed by atoms with van der Waals surface area (Å²) in [6.07, 6.45) is 1.02. The van der Waals surface area contributed by atoms with E-state index in [-0.39, 0.29) is 23.8 Å². The van der Waals surface area contributed by atoms with E-state index in [1.165, 1.54) is 6.07 Å². The van der Waals surface area contributed by atoms with Crippen LogP contribution in [0.5, 0.6) is 5.75 Å². The largest absolute Gasteiger partial charge is 0.507 e. The van der Waals surface area contributed by atoms with Crippen LogP contribution < -0.4 is 5.32 Å². The maximum absolute atomic E-state index is 11.8. The molecular formula is C13H17NO4. The number of amides is 1. The minimum atomic E-state index is -0.904. The fourth-order valence-electron chi connectivity index (χ4n) is 1.93. The van der Waals surface area contributed by atoms with Gasteiger partial charge in [-0.3, -0.25) is 4.79 Å². The zero-order valence-electron chi connectivity index (χ0n) is 10.1. The maximum Gasteiger partial charge on any atom is 0.255 e. The molecule has 0 radical (unpaired) electrons. The summed E-state index contributed by atoms with van der Waals surface area (Å²) in [6.45, 7) is 1.18. The molecule has 0 saturated carbocycles. The van der Waals surface area contributed by atoms with Gasteiger partial charge < -0.3 is 20.3 Å². The van der Waals surface area contributed by atoms with E-state index in [4.69, 9.17) is 4.74 Å². The lowest BCUT2D eigenvalue weighted by Gasteiger charge is -2.32. The van der Waals surface area contributed by atoms with E-state index in [0.717, 1.165) is 0 Å². The monoisotopic (exact) mass is 251 g/mol. The number of nitrogens with one attached hydrogen (secondary N) is 1. The Balaban J connectivity index is 1.94. The molecule has 0 aliphatic carbocycles. The summed E-state index contributed by atoms with van der Waals surface area (Å²) in [4.78, 5) is 11.8. The molecule has 0 atom stereocenters. The van der Waals surface area contributed by atoms with Gasteiger partial charge in [0.2, 0.25) is 0 Å². The number of aliphatic hydroxyl groups is 1. The Morgan fingerprint density at radius 3 is 2.67 bits per heavy atom. The van der Waals surface area contributed by atoms with Crippen molar-refractivity contribution < 1.29 is 19.7 Å². The number of carbonyl (C=O) groups is 1. The van der Waals surface area contributed by atoms with Crippen LogP contribution in [-0.2, 0) is 4.74 Å². The van der Waals surface area contributed by atoms with Crippen molar-refractivity contribution in [3.05, 3.63) is 29.8 Å². The van der Waals surface area contributed by atoms with Crippen LogP contribution in [0.4, 0.5) is 0 Å². The average Bonchev–Trinajstić information content (AvgIpc) is 2.38. The van der Waals surface area contributed by atoms with Crippen LogP contribution in [0.1, 0.15) is 23.2 Å². The second kappa shape index (κ2) is 5.37. The molecule has 0 aromatic heterocycles. The second-order valence-electron chi connectivity index (χ2n) is 4.54. The highest BCUT2D eigenvalue weighted by atomic mass is 16.5. The number of para-hydroxylation sites is 1. The zero-order chi connectivity index (χ0) is 13.0. The van der Waals surface area contributed by atoms with Gasteiger partial charge in [-0.2, -0.15) is 0 Å². The lowest BCUT2D eigenvalue weighted by Crippen LogP contribution is -2.46. The molecule has 0 spiro atoms. The van der Waals surface area contributed by atoms with Crippen LogP contribution in [0.15, 0.2) is 24.3 Å². The number of carbonyl (C=O) groups excluding carboxylic acids is 1. The minimum absolute atomic E-state index is 0.0611. The number of ether oxygens (including phenoxy) is 1. The third kappa shape index (κ3) is 3.00. The molecule has 0 bridgehead atoms. The van der Waals surface area contributed by atoms with Crippen molar-refractivity contribution in [2.75, 3.05) is 19.8 Å². The van der Waals surface area contributed by atoms with Gasteiger partial charge in [-0.05, 0) is 12.1 Å². The number of benzene rings is 1. The van der Waals surface area contributed by atoms with E-state index in [9.17, 15) is 15.0 Å². The Hall–Kier alpha value is -1.59. The molecule has 1 aliphatic heterocycles. The van der Waals surface area contributed by atoms with Gasteiger partial charge in [0.25, 0.3) is 5.91 Å². The van der Waals surface area contributed by atoms with Crippen LogP contribution in [0.3, 0.4) is 0 Å². The smallest absolute Gasteiger partial charge is 0.255 e. The van der Waals surface area contributed by atoms with E-state index in [1.54, 1.807) is 18.2 Å². The average molecular weight is 251 g/mol. The molecule has 1 aromatic rings. The van der Waals surface area contributed by atoms with Crippen molar-refractivity contribution in [2.45, 2.75) is 18.4 Å². The van der Waals surface area contributed by atoms with E-state index < -0.39 is 5.60 Å². The van der Waals surface area contributed by atoms with Crippen LogP contribution in [-0.4, -0.2) is 41.5 Å². The predicted octanol–water partition coefficient (Wildman–Crippen LogP) is 0.663. The van der Waals surface area contributed by atoms with Gasteiger partial charge in [0, 0.05) is 32.6 Å². The van der Waals surface area contributed by atoms with Crippen molar-refractivity contribution >= 4 is 5.91 Å². The Morgan fingerprint density at radius 2 is 2.00 bits per heavy atom. The van der Waals surface area contributed by atoms with Crippen molar-refractivity contribution in [3.63, 3.8) is 0 Å². The molecule has 0 unspecified atom stereocenters. The number of phenols is 1. The Labute approximate surface area is 105 Å². The summed E-state index contributed by atoms with van der Waals surface area (Å²) < 4.78 is 5.16. The van der Waals surface area contributed by atoms with Crippen LogP contribution in [0.25, 0.3) is 0 Å². The van der Waals surface area contributed by atoms with Gasteiger partial charge in [0.15, 0.2) is 0 Å². The Morgan fingerprint density at radius 1 is 1.33 bits per heavy atom.